The molecule has 0 bridgehead atoms. The standard InChI is InChI=1S/C24H18FN3O5S/c1-12-7-14(11-20-21(29)27-24(34-20)26-18-5-3-17(25)4-6-18)13(2)28(12)19-9-15(22(30)31)8-16(10-19)23(32)33/h3-11H,1-2H3,(H,30,31)(H,32,33)(H,26,27,29)/b20-11-. The molecule has 0 saturated carbocycles. The fourth-order valence-electron chi connectivity index (χ4n) is 3.57. The molecule has 172 valence electrons. The summed E-state index contributed by atoms with van der Waals surface area (Å²) in [6.07, 6.45) is 1.69. The van der Waals surface area contributed by atoms with Crippen molar-refractivity contribution in [2.45, 2.75) is 13.8 Å². The van der Waals surface area contributed by atoms with Gasteiger partial charge in [-0.25, -0.2) is 19.0 Å². The van der Waals surface area contributed by atoms with Gasteiger partial charge < -0.3 is 20.1 Å². The molecule has 1 saturated heterocycles. The summed E-state index contributed by atoms with van der Waals surface area (Å²) in [6, 6.07) is 11.3. The molecule has 1 aliphatic heterocycles. The maximum Gasteiger partial charge on any atom is 0.335 e. The van der Waals surface area contributed by atoms with Gasteiger partial charge in [0.15, 0.2) is 5.17 Å². The minimum Gasteiger partial charge on any atom is -0.478 e. The van der Waals surface area contributed by atoms with Gasteiger partial charge in [-0.3, -0.25) is 4.79 Å². The maximum atomic E-state index is 13.1. The smallest absolute Gasteiger partial charge is 0.335 e. The van der Waals surface area contributed by atoms with E-state index in [4.69, 9.17) is 0 Å². The van der Waals surface area contributed by atoms with Crippen molar-refractivity contribution >= 4 is 46.5 Å². The molecule has 1 fully saturated rings. The van der Waals surface area contributed by atoms with Crippen molar-refractivity contribution in [2.24, 2.45) is 4.99 Å². The second-order valence-electron chi connectivity index (χ2n) is 7.50. The number of nitrogens with one attached hydrogen (secondary N) is 1. The number of hydrogen-bond acceptors (Lipinski definition) is 5. The zero-order valence-corrected chi connectivity index (χ0v) is 18.8. The van der Waals surface area contributed by atoms with Gasteiger partial charge in [0.25, 0.3) is 5.91 Å². The number of carbonyl (C=O) groups is 3. The van der Waals surface area contributed by atoms with E-state index in [-0.39, 0.29) is 22.9 Å². The molecule has 3 N–H and O–H groups in total. The number of thioether (sulfide) groups is 1. The third kappa shape index (κ3) is 4.62. The molecule has 3 aromatic rings. The molecular formula is C24H18FN3O5S. The third-order valence-electron chi connectivity index (χ3n) is 5.13. The highest BCUT2D eigenvalue weighted by Gasteiger charge is 2.25. The van der Waals surface area contributed by atoms with E-state index < -0.39 is 11.9 Å². The molecule has 4 rings (SSSR count). The zero-order chi connectivity index (χ0) is 24.6. The van der Waals surface area contributed by atoms with Crippen molar-refractivity contribution in [2.75, 3.05) is 0 Å². The SMILES string of the molecule is Cc1cc(/C=C2\SC(=Nc3ccc(F)cc3)NC2=O)c(C)n1-c1cc(C(=O)O)cc(C(=O)O)c1. The van der Waals surface area contributed by atoms with E-state index in [1.165, 1.54) is 36.4 Å². The Labute approximate surface area is 197 Å². The van der Waals surface area contributed by atoms with Gasteiger partial charge in [0, 0.05) is 17.1 Å². The summed E-state index contributed by atoms with van der Waals surface area (Å²) in [5, 5.41) is 21.8. The minimum atomic E-state index is -1.24. The van der Waals surface area contributed by atoms with Crippen LogP contribution < -0.4 is 5.32 Å². The molecule has 1 aliphatic rings. The van der Waals surface area contributed by atoms with E-state index in [9.17, 15) is 29.0 Å². The number of aryl methyl sites for hydroxylation is 1. The number of benzene rings is 2. The number of rotatable bonds is 5. The number of halogens is 1. The summed E-state index contributed by atoms with van der Waals surface area (Å²) in [7, 11) is 0. The number of nitrogens with zero attached hydrogens (tertiary/aromatic N) is 2. The van der Waals surface area contributed by atoms with Crippen LogP contribution in [0.1, 0.15) is 37.7 Å². The van der Waals surface area contributed by atoms with E-state index in [1.54, 1.807) is 24.5 Å². The molecule has 0 aliphatic carbocycles. The number of aliphatic imine (C=N–C) groups is 1. The highest BCUT2D eigenvalue weighted by molar-refractivity contribution is 8.18. The molecule has 2 heterocycles. The predicted octanol–water partition coefficient (Wildman–Crippen LogP) is 4.52. The Morgan fingerprint density at radius 2 is 1.65 bits per heavy atom. The van der Waals surface area contributed by atoms with E-state index in [0.29, 0.717) is 32.7 Å². The second kappa shape index (κ2) is 8.99. The number of hydrogen-bond donors (Lipinski definition) is 3. The topological polar surface area (TPSA) is 121 Å². The summed E-state index contributed by atoms with van der Waals surface area (Å²) in [6.45, 7) is 3.59. The van der Waals surface area contributed by atoms with Gasteiger partial charge in [0.05, 0.1) is 21.7 Å². The molecule has 1 amide bonds. The van der Waals surface area contributed by atoms with E-state index in [0.717, 1.165) is 23.5 Å². The van der Waals surface area contributed by atoms with Crippen LogP contribution in [0.4, 0.5) is 10.1 Å². The monoisotopic (exact) mass is 479 g/mol. The molecule has 1 aromatic heterocycles. The Hall–Kier alpha value is -4.18. The van der Waals surface area contributed by atoms with Crippen molar-refractivity contribution in [1.82, 2.24) is 9.88 Å². The fraction of sp³-hybridized carbons (Fsp3) is 0.0833. The number of carboxylic acid groups (broad SMARTS) is 2. The van der Waals surface area contributed by atoms with Crippen LogP contribution in [0.2, 0.25) is 0 Å². The van der Waals surface area contributed by atoms with Crippen LogP contribution >= 0.6 is 11.8 Å². The number of aromatic carboxylic acids is 2. The van der Waals surface area contributed by atoms with Crippen molar-refractivity contribution in [3.8, 4) is 5.69 Å². The number of aromatic nitrogens is 1. The second-order valence-corrected chi connectivity index (χ2v) is 8.53. The first-order valence-corrected chi connectivity index (χ1v) is 10.8. The van der Waals surface area contributed by atoms with Crippen molar-refractivity contribution in [3.05, 3.63) is 87.3 Å². The summed E-state index contributed by atoms with van der Waals surface area (Å²) in [5.74, 6) is -3.19. The minimum absolute atomic E-state index is 0.144. The first-order valence-electron chi connectivity index (χ1n) is 9.98. The van der Waals surface area contributed by atoms with Crippen LogP contribution in [-0.4, -0.2) is 37.8 Å². The van der Waals surface area contributed by atoms with Crippen LogP contribution in [0, 0.1) is 19.7 Å². The first-order chi connectivity index (χ1) is 16.1. The lowest BCUT2D eigenvalue weighted by Crippen LogP contribution is -2.19. The Kier molecular flexibility index (Phi) is 6.08. The van der Waals surface area contributed by atoms with E-state index in [2.05, 4.69) is 10.3 Å². The highest BCUT2D eigenvalue weighted by atomic mass is 32.2. The Morgan fingerprint density at radius 3 is 2.24 bits per heavy atom. The lowest BCUT2D eigenvalue weighted by Gasteiger charge is -2.12. The van der Waals surface area contributed by atoms with Crippen molar-refractivity contribution < 1.29 is 29.0 Å². The van der Waals surface area contributed by atoms with Crippen LogP contribution in [0.5, 0.6) is 0 Å². The average molecular weight is 479 g/mol. The van der Waals surface area contributed by atoms with Gasteiger partial charge in [-0.2, -0.15) is 0 Å². The molecule has 0 unspecified atom stereocenters. The Bertz CT molecular complexity index is 1370. The van der Waals surface area contributed by atoms with Crippen molar-refractivity contribution in [3.63, 3.8) is 0 Å². The van der Waals surface area contributed by atoms with Crippen LogP contribution in [-0.2, 0) is 4.79 Å². The maximum absolute atomic E-state index is 13.1. The summed E-state index contributed by atoms with van der Waals surface area (Å²) < 4.78 is 14.8. The largest absolute Gasteiger partial charge is 0.478 e. The number of amidine groups is 1. The molecular weight excluding hydrogens is 461 g/mol. The summed E-state index contributed by atoms with van der Waals surface area (Å²) in [5.41, 5.74) is 2.73. The van der Waals surface area contributed by atoms with Gasteiger partial charge >= 0.3 is 11.9 Å². The predicted molar refractivity (Wildman–Crippen MR) is 126 cm³/mol. The van der Waals surface area contributed by atoms with Crippen LogP contribution in [0.25, 0.3) is 11.8 Å². The van der Waals surface area contributed by atoms with Gasteiger partial charge in [0.2, 0.25) is 0 Å². The van der Waals surface area contributed by atoms with Gasteiger partial charge in [-0.1, -0.05) is 0 Å². The van der Waals surface area contributed by atoms with Crippen LogP contribution in [0.15, 0.2) is 58.4 Å². The fourth-order valence-corrected chi connectivity index (χ4v) is 4.41. The molecule has 0 spiro atoms. The molecule has 34 heavy (non-hydrogen) atoms. The lowest BCUT2D eigenvalue weighted by atomic mass is 10.1. The normalized spacial score (nSPS) is 15.7. The Morgan fingerprint density at radius 1 is 1.03 bits per heavy atom. The first kappa shape index (κ1) is 23.0. The summed E-state index contributed by atoms with van der Waals surface area (Å²) in [4.78, 5) is 40.2. The quantitative estimate of drug-likeness (QED) is 0.463. The number of carboxylic acids is 2. The molecule has 2 aromatic carbocycles. The van der Waals surface area contributed by atoms with E-state index >= 15 is 0 Å². The van der Waals surface area contributed by atoms with Gasteiger partial charge in [-0.05, 0) is 85.8 Å². The molecule has 0 radical (unpaired) electrons. The van der Waals surface area contributed by atoms with Gasteiger partial charge in [0.1, 0.15) is 5.82 Å². The van der Waals surface area contributed by atoms with Gasteiger partial charge in [-0.15, -0.1) is 0 Å². The summed E-state index contributed by atoms with van der Waals surface area (Å²) >= 11 is 1.14. The number of carbonyl (C=O) groups excluding carboxylic acids is 1. The van der Waals surface area contributed by atoms with Crippen molar-refractivity contribution in [1.29, 1.82) is 0 Å². The molecule has 10 heteroatoms. The zero-order valence-electron chi connectivity index (χ0n) is 18.0. The van der Waals surface area contributed by atoms with E-state index in [1.807, 2.05) is 6.07 Å². The molecule has 0 atom stereocenters. The lowest BCUT2D eigenvalue weighted by molar-refractivity contribution is -0.115. The highest BCUT2D eigenvalue weighted by Crippen LogP contribution is 2.31. The van der Waals surface area contributed by atoms with Crippen LogP contribution in [0.3, 0.4) is 0 Å². The Balaban J connectivity index is 1.70. The number of amides is 1. The average Bonchev–Trinajstić information content (AvgIpc) is 3.27. The third-order valence-corrected chi connectivity index (χ3v) is 6.04. The molecule has 8 nitrogen and oxygen atoms in total.